The van der Waals surface area contributed by atoms with Gasteiger partial charge in [-0.05, 0) is 29.5 Å². The molecule has 0 aliphatic heterocycles. The van der Waals surface area contributed by atoms with Gasteiger partial charge in [-0.3, -0.25) is 0 Å². The van der Waals surface area contributed by atoms with Crippen molar-refractivity contribution in [3.63, 3.8) is 0 Å². The minimum absolute atomic E-state index is 0.448. The summed E-state index contributed by atoms with van der Waals surface area (Å²) in [6, 6.07) is 7.52. The molecule has 15 heavy (non-hydrogen) atoms. The normalized spacial score (nSPS) is 10.3. The number of aromatic nitrogens is 4. The lowest BCUT2D eigenvalue weighted by molar-refractivity contribution is 0.340. The molecule has 0 amide bonds. The van der Waals surface area contributed by atoms with Crippen molar-refractivity contribution in [2.45, 2.75) is 12.1 Å². The third-order valence-corrected chi connectivity index (χ3v) is 2.11. The Hall–Kier alpha value is -1.56. The van der Waals surface area contributed by atoms with Gasteiger partial charge in [-0.15, -0.1) is 17.7 Å². The lowest BCUT2D eigenvalue weighted by Crippen LogP contribution is -1.99. The first-order valence-electron chi connectivity index (χ1n) is 4.52. The largest absolute Gasteiger partial charge is 0.494 e. The molecule has 5 nitrogen and oxygen atoms in total. The summed E-state index contributed by atoms with van der Waals surface area (Å²) in [5, 5.41) is 11.5. The molecular formula is C9H10N4OS. The first-order valence-corrected chi connectivity index (χ1v) is 4.96. The number of hydrogen-bond donors (Lipinski definition) is 1. The van der Waals surface area contributed by atoms with Crippen LogP contribution in [0.3, 0.4) is 0 Å². The van der Waals surface area contributed by atoms with E-state index in [2.05, 4.69) is 28.2 Å². The number of tetrazole rings is 1. The second-order valence-electron chi connectivity index (χ2n) is 2.82. The minimum Gasteiger partial charge on any atom is -0.494 e. The summed E-state index contributed by atoms with van der Waals surface area (Å²) in [5.74, 6) is 0.790. The van der Waals surface area contributed by atoms with Crippen molar-refractivity contribution in [1.29, 1.82) is 0 Å². The van der Waals surface area contributed by atoms with Crippen molar-refractivity contribution in [3.05, 3.63) is 24.3 Å². The molecule has 2 aromatic rings. The molecule has 0 aliphatic rings. The van der Waals surface area contributed by atoms with Crippen LogP contribution in [0.1, 0.15) is 6.92 Å². The Kier molecular flexibility index (Phi) is 2.86. The molecule has 78 valence electrons. The average molecular weight is 222 g/mol. The molecule has 0 bridgehead atoms. The molecule has 0 saturated heterocycles. The molecule has 0 atom stereocenters. The van der Waals surface area contributed by atoms with Crippen molar-refractivity contribution in [2.75, 3.05) is 6.61 Å². The van der Waals surface area contributed by atoms with Crippen molar-refractivity contribution in [2.24, 2.45) is 0 Å². The van der Waals surface area contributed by atoms with Gasteiger partial charge in [-0.2, -0.15) is 4.68 Å². The zero-order valence-corrected chi connectivity index (χ0v) is 9.06. The van der Waals surface area contributed by atoms with E-state index >= 15 is 0 Å². The van der Waals surface area contributed by atoms with Crippen LogP contribution >= 0.6 is 12.6 Å². The number of rotatable bonds is 3. The van der Waals surface area contributed by atoms with Gasteiger partial charge in [0.05, 0.1) is 12.3 Å². The summed E-state index contributed by atoms with van der Waals surface area (Å²) in [5.41, 5.74) is 0.830. The topological polar surface area (TPSA) is 52.8 Å². The Bertz CT molecular complexity index is 457. The van der Waals surface area contributed by atoms with Gasteiger partial charge in [0.15, 0.2) is 0 Å². The summed E-state index contributed by atoms with van der Waals surface area (Å²) in [6.45, 7) is 2.57. The van der Waals surface area contributed by atoms with Gasteiger partial charge >= 0.3 is 0 Å². The van der Waals surface area contributed by atoms with Crippen LogP contribution in [0.2, 0.25) is 0 Å². The molecule has 1 aromatic carbocycles. The van der Waals surface area contributed by atoms with E-state index in [-0.39, 0.29) is 0 Å². The second kappa shape index (κ2) is 4.31. The Morgan fingerprint density at radius 2 is 2.33 bits per heavy atom. The van der Waals surface area contributed by atoms with Crippen molar-refractivity contribution in [3.8, 4) is 11.4 Å². The van der Waals surface area contributed by atoms with Crippen LogP contribution in [0.25, 0.3) is 5.69 Å². The van der Waals surface area contributed by atoms with Crippen LogP contribution in [0.5, 0.6) is 5.75 Å². The zero-order chi connectivity index (χ0) is 10.7. The van der Waals surface area contributed by atoms with E-state index in [1.807, 2.05) is 31.2 Å². The van der Waals surface area contributed by atoms with Crippen LogP contribution in [0.4, 0.5) is 0 Å². The molecule has 2 rings (SSSR count). The fraction of sp³-hybridized carbons (Fsp3) is 0.222. The molecule has 0 radical (unpaired) electrons. The smallest absolute Gasteiger partial charge is 0.211 e. The zero-order valence-electron chi connectivity index (χ0n) is 8.16. The molecule has 0 fully saturated rings. The summed E-state index contributed by atoms with van der Waals surface area (Å²) in [4.78, 5) is 0. The molecule has 0 saturated carbocycles. The highest BCUT2D eigenvalue weighted by Gasteiger charge is 2.04. The highest BCUT2D eigenvalue weighted by Crippen LogP contribution is 2.17. The van der Waals surface area contributed by atoms with Gasteiger partial charge < -0.3 is 4.74 Å². The fourth-order valence-corrected chi connectivity index (χ4v) is 1.42. The molecular weight excluding hydrogens is 212 g/mol. The molecule has 0 spiro atoms. The van der Waals surface area contributed by atoms with E-state index < -0.39 is 0 Å². The standard InChI is InChI=1S/C9H10N4OS/c1-2-14-8-5-3-4-7(6-8)13-9(15)10-11-12-13/h3-6H,2H2,1H3,(H,10,12,15). The maximum Gasteiger partial charge on any atom is 0.211 e. The van der Waals surface area contributed by atoms with E-state index in [0.717, 1.165) is 11.4 Å². The van der Waals surface area contributed by atoms with Crippen LogP contribution in [-0.4, -0.2) is 26.8 Å². The monoisotopic (exact) mass is 222 g/mol. The van der Waals surface area contributed by atoms with Crippen molar-refractivity contribution >= 4 is 12.6 Å². The summed E-state index contributed by atoms with van der Waals surface area (Å²) in [6.07, 6.45) is 0. The maximum absolute atomic E-state index is 5.38. The van der Waals surface area contributed by atoms with Crippen LogP contribution < -0.4 is 4.74 Å². The Morgan fingerprint density at radius 1 is 1.47 bits per heavy atom. The Morgan fingerprint density at radius 3 is 3.00 bits per heavy atom. The van der Waals surface area contributed by atoms with Gasteiger partial charge in [0, 0.05) is 6.07 Å². The molecule has 0 N–H and O–H groups in total. The van der Waals surface area contributed by atoms with E-state index in [1.165, 1.54) is 4.68 Å². The lowest BCUT2D eigenvalue weighted by atomic mass is 10.3. The van der Waals surface area contributed by atoms with E-state index in [1.54, 1.807) is 0 Å². The third kappa shape index (κ3) is 2.10. The van der Waals surface area contributed by atoms with Gasteiger partial charge in [0.1, 0.15) is 5.75 Å². The van der Waals surface area contributed by atoms with Gasteiger partial charge in [0.2, 0.25) is 5.16 Å². The molecule has 0 aliphatic carbocycles. The Balaban J connectivity index is 2.37. The highest BCUT2D eigenvalue weighted by atomic mass is 32.1. The van der Waals surface area contributed by atoms with Crippen LogP contribution in [0, 0.1) is 0 Å². The van der Waals surface area contributed by atoms with Crippen LogP contribution in [0.15, 0.2) is 29.4 Å². The highest BCUT2D eigenvalue weighted by molar-refractivity contribution is 7.80. The fourth-order valence-electron chi connectivity index (χ4n) is 1.22. The summed E-state index contributed by atoms with van der Waals surface area (Å²) < 4.78 is 6.91. The number of ether oxygens (including phenoxy) is 1. The van der Waals surface area contributed by atoms with Gasteiger partial charge in [-0.1, -0.05) is 6.07 Å². The maximum atomic E-state index is 5.38. The van der Waals surface area contributed by atoms with Gasteiger partial charge in [-0.25, -0.2) is 0 Å². The van der Waals surface area contributed by atoms with Gasteiger partial charge in [0.25, 0.3) is 0 Å². The first kappa shape index (κ1) is 9.97. The SMILES string of the molecule is CCOc1cccc(-n2nnnc2S)c1. The van der Waals surface area contributed by atoms with E-state index in [4.69, 9.17) is 4.74 Å². The van der Waals surface area contributed by atoms with E-state index in [9.17, 15) is 0 Å². The lowest BCUT2D eigenvalue weighted by Gasteiger charge is -2.05. The molecule has 6 heteroatoms. The number of benzene rings is 1. The molecule has 1 aromatic heterocycles. The minimum atomic E-state index is 0.448. The molecule has 0 unspecified atom stereocenters. The summed E-state index contributed by atoms with van der Waals surface area (Å²) >= 11 is 4.13. The quantitative estimate of drug-likeness (QED) is 0.796. The predicted octanol–water partition coefficient (Wildman–Crippen LogP) is 1.35. The number of thiol groups is 1. The second-order valence-corrected chi connectivity index (χ2v) is 3.22. The van der Waals surface area contributed by atoms with E-state index in [0.29, 0.717) is 11.8 Å². The first-order chi connectivity index (χ1) is 7.31. The van der Waals surface area contributed by atoms with Crippen molar-refractivity contribution in [1.82, 2.24) is 20.2 Å². The average Bonchev–Trinajstić information content (AvgIpc) is 2.65. The third-order valence-electron chi connectivity index (χ3n) is 1.83. The Labute approximate surface area is 92.5 Å². The van der Waals surface area contributed by atoms with Crippen molar-refractivity contribution < 1.29 is 4.74 Å². The predicted molar refractivity (Wildman–Crippen MR) is 57.6 cm³/mol. The summed E-state index contributed by atoms with van der Waals surface area (Å²) in [7, 11) is 0. The number of hydrogen-bond acceptors (Lipinski definition) is 5. The molecule has 1 heterocycles. The van der Waals surface area contributed by atoms with Crippen LogP contribution in [-0.2, 0) is 0 Å². The number of nitrogens with zero attached hydrogens (tertiary/aromatic N) is 4.